The van der Waals surface area contributed by atoms with Crippen molar-refractivity contribution in [2.75, 3.05) is 32.7 Å². The van der Waals surface area contributed by atoms with Crippen LogP contribution in [-0.2, 0) is 6.42 Å². The third kappa shape index (κ3) is 3.49. The number of piperazine rings is 1. The van der Waals surface area contributed by atoms with Crippen LogP contribution >= 0.6 is 23.2 Å². The molecule has 1 aliphatic rings. The second-order valence-corrected chi connectivity index (χ2v) is 5.06. The van der Waals surface area contributed by atoms with E-state index in [1.807, 2.05) is 0 Å². The van der Waals surface area contributed by atoms with Gasteiger partial charge in [0, 0.05) is 32.7 Å². The van der Waals surface area contributed by atoms with E-state index in [1.54, 1.807) is 12.1 Å². The molecule has 1 aliphatic heterocycles. The molecule has 0 aliphatic carbocycles. The van der Waals surface area contributed by atoms with Crippen LogP contribution in [0.2, 0.25) is 10.0 Å². The standard InChI is InChI=1S/C12H16Cl2N2O/c13-10-7-9(8-11(14)12(10)17)1-4-16-5-2-15-3-6-16/h7-8,15,17H,1-6H2. The lowest BCUT2D eigenvalue weighted by Gasteiger charge is -2.27. The quantitative estimate of drug-likeness (QED) is 0.887. The summed E-state index contributed by atoms with van der Waals surface area (Å²) in [6.45, 7) is 5.27. The van der Waals surface area contributed by atoms with E-state index in [4.69, 9.17) is 23.2 Å². The Bertz CT molecular complexity index is 369. The third-order valence-corrected chi connectivity index (χ3v) is 3.58. The van der Waals surface area contributed by atoms with Gasteiger partial charge >= 0.3 is 0 Å². The molecule has 1 aromatic carbocycles. The van der Waals surface area contributed by atoms with E-state index in [2.05, 4.69) is 10.2 Å². The molecule has 1 heterocycles. The number of nitrogens with zero attached hydrogens (tertiary/aromatic N) is 1. The minimum Gasteiger partial charge on any atom is -0.505 e. The van der Waals surface area contributed by atoms with Crippen LogP contribution in [0, 0.1) is 0 Å². The van der Waals surface area contributed by atoms with Gasteiger partial charge in [0.2, 0.25) is 0 Å². The molecule has 0 atom stereocenters. The number of halogens is 2. The fourth-order valence-electron chi connectivity index (χ4n) is 1.98. The van der Waals surface area contributed by atoms with Crippen molar-refractivity contribution in [2.24, 2.45) is 0 Å². The van der Waals surface area contributed by atoms with E-state index < -0.39 is 0 Å². The van der Waals surface area contributed by atoms with Crippen LogP contribution in [0.5, 0.6) is 5.75 Å². The van der Waals surface area contributed by atoms with Crippen molar-refractivity contribution in [3.05, 3.63) is 27.7 Å². The lowest BCUT2D eigenvalue weighted by Crippen LogP contribution is -2.44. The van der Waals surface area contributed by atoms with E-state index in [0.29, 0.717) is 10.0 Å². The molecule has 5 heteroatoms. The molecule has 0 radical (unpaired) electrons. The first-order valence-electron chi connectivity index (χ1n) is 5.77. The highest BCUT2D eigenvalue weighted by atomic mass is 35.5. The predicted octanol–water partition coefficient (Wildman–Crippen LogP) is 2.15. The van der Waals surface area contributed by atoms with Gasteiger partial charge in [0.1, 0.15) is 0 Å². The normalized spacial score (nSPS) is 17.3. The zero-order chi connectivity index (χ0) is 12.3. The van der Waals surface area contributed by atoms with Crippen molar-refractivity contribution < 1.29 is 5.11 Å². The first-order valence-corrected chi connectivity index (χ1v) is 6.52. The molecule has 3 nitrogen and oxygen atoms in total. The highest BCUT2D eigenvalue weighted by Gasteiger charge is 2.11. The van der Waals surface area contributed by atoms with E-state index in [9.17, 15) is 5.11 Å². The zero-order valence-electron chi connectivity index (χ0n) is 9.55. The van der Waals surface area contributed by atoms with Crippen LogP contribution in [0.1, 0.15) is 5.56 Å². The minimum atomic E-state index is -0.0285. The van der Waals surface area contributed by atoms with Crippen molar-refractivity contribution in [2.45, 2.75) is 6.42 Å². The van der Waals surface area contributed by atoms with E-state index >= 15 is 0 Å². The average molecular weight is 275 g/mol. The van der Waals surface area contributed by atoms with Gasteiger partial charge in [-0.15, -0.1) is 0 Å². The van der Waals surface area contributed by atoms with Crippen molar-refractivity contribution >= 4 is 23.2 Å². The van der Waals surface area contributed by atoms with Crippen LogP contribution in [0.15, 0.2) is 12.1 Å². The van der Waals surface area contributed by atoms with Crippen LogP contribution in [0.25, 0.3) is 0 Å². The van der Waals surface area contributed by atoms with Crippen molar-refractivity contribution in [1.82, 2.24) is 10.2 Å². The third-order valence-electron chi connectivity index (χ3n) is 3.00. The van der Waals surface area contributed by atoms with Crippen molar-refractivity contribution in [1.29, 1.82) is 0 Å². The van der Waals surface area contributed by atoms with Gasteiger partial charge in [-0.3, -0.25) is 0 Å². The number of rotatable bonds is 3. The molecule has 0 spiro atoms. The Balaban J connectivity index is 1.94. The number of hydrogen-bond acceptors (Lipinski definition) is 3. The Morgan fingerprint density at radius 2 is 1.76 bits per heavy atom. The maximum absolute atomic E-state index is 9.47. The van der Waals surface area contributed by atoms with Crippen LogP contribution in [0.3, 0.4) is 0 Å². The smallest absolute Gasteiger partial charge is 0.152 e. The van der Waals surface area contributed by atoms with Crippen LogP contribution in [0.4, 0.5) is 0 Å². The highest BCUT2D eigenvalue weighted by molar-refractivity contribution is 6.37. The maximum Gasteiger partial charge on any atom is 0.152 e. The number of hydrogen-bond donors (Lipinski definition) is 2. The molecule has 0 saturated carbocycles. The average Bonchev–Trinajstić information content (AvgIpc) is 2.34. The van der Waals surface area contributed by atoms with Crippen molar-refractivity contribution in [3.63, 3.8) is 0 Å². The van der Waals surface area contributed by atoms with E-state index in [0.717, 1.165) is 44.7 Å². The molecular weight excluding hydrogens is 259 g/mol. The number of phenols is 1. The molecule has 0 amide bonds. The maximum atomic E-state index is 9.47. The monoisotopic (exact) mass is 274 g/mol. The van der Waals surface area contributed by atoms with Crippen molar-refractivity contribution in [3.8, 4) is 5.75 Å². The lowest BCUT2D eigenvalue weighted by atomic mass is 10.1. The summed E-state index contributed by atoms with van der Waals surface area (Å²) in [5, 5.41) is 13.4. The van der Waals surface area contributed by atoms with Gasteiger partial charge in [-0.25, -0.2) is 0 Å². The fraction of sp³-hybridized carbons (Fsp3) is 0.500. The zero-order valence-corrected chi connectivity index (χ0v) is 11.1. The molecule has 2 rings (SSSR count). The highest BCUT2D eigenvalue weighted by Crippen LogP contribution is 2.32. The Hall–Kier alpha value is -0.480. The van der Waals surface area contributed by atoms with Gasteiger partial charge in [0.15, 0.2) is 5.75 Å². The van der Waals surface area contributed by atoms with E-state index in [-0.39, 0.29) is 5.75 Å². The SMILES string of the molecule is Oc1c(Cl)cc(CCN2CCNCC2)cc1Cl. The van der Waals surface area contributed by atoms with Gasteiger partial charge in [-0.1, -0.05) is 23.2 Å². The topological polar surface area (TPSA) is 35.5 Å². The van der Waals surface area contributed by atoms with Crippen LogP contribution in [-0.4, -0.2) is 42.7 Å². The number of phenolic OH excluding ortho intramolecular Hbond substituents is 1. The predicted molar refractivity (Wildman–Crippen MR) is 71.1 cm³/mol. The van der Waals surface area contributed by atoms with Gasteiger partial charge in [0.25, 0.3) is 0 Å². The Morgan fingerprint density at radius 3 is 2.35 bits per heavy atom. The molecule has 0 bridgehead atoms. The first-order chi connectivity index (χ1) is 8.16. The summed E-state index contributed by atoms with van der Waals surface area (Å²) in [6.07, 6.45) is 0.902. The summed E-state index contributed by atoms with van der Waals surface area (Å²) in [5.41, 5.74) is 1.07. The minimum absolute atomic E-state index is 0.0285. The summed E-state index contributed by atoms with van der Waals surface area (Å²) >= 11 is 11.8. The van der Waals surface area contributed by atoms with E-state index in [1.165, 1.54) is 0 Å². The fourth-order valence-corrected chi connectivity index (χ4v) is 2.52. The molecule has 1 saturated heterocycles. The van der Waals surface area contributed by atoms with Gasteiger partial charge in [-0.05, 0) is 24.1 Å². The lowest BCUT2D eigenvalue weighted by molar-refractivity contribution is 0.244. The molecule has 1 aromatic rings. The molecule has 2 N–H and O–H groups in total. The molecule has 94 valence electrons. The summed E-state index contributed by atoms with van der Waals surface area (Å²) in [5.74, 6) is -0.0285. The summed E-state index contributed by atoms with van der Waals surface area (Å²) in [6, 6.07) is 3.57. The Kier molecular flexibility index (Phi) is 4.51. The Labute approximate surface area is 111 Å². The Morgan fingerprint density at radius 1 is 1.18 bits per heavy atom. The molecular formula is C12H16Cl2N2O. The van der Waals surface area contributed by atoms with Gasteiger partial charge in [-0.2, -0.15) is 0 Å². The number of aromatic hydroxyl groups is 1. The largest absolute Gasteiger partial charge is 0.505 e. The first kappa shape index (κ1) is 13.0. The number of benzene rings is 1. The van der Waals surface area contributed by atoms with Crippen LogP contribution < -0.4 is 5.32 Å². The van der Waals surface area contributed by atoms with Gasteiger partial charge < -0.3 is 15.3 Å². The molecule has 0 aromatic heterocycles. The summed E-state index contributed by atoms with van der Waals surface area (Å²) < 4.78 is 0. The van der Waals surface area contributed by atoms with Gasteiger partial charge in [0.05, 0.1) is 10.0 Å². The molecule has 17 heavy (non-hydrogen) atoms. The number of nitrogens with one attached hydrogen (secondary N) is 1. The molecule has 0 unspecified atom stereocenters. The second kappa shape index (κ2) is 5.91. The summed E-state index contributed by atoms with van der Waals surface area (Å²) in [7, 11) is 0. The summed E-state index contributed by atoms with van der Waals surface area (Å²) in [4.78, 5) is 2.41. The molecule has 1 fully saturated rings. The second-order valence-electron chi connectivity index (χ2n) is 4.25.